The van der Waals surface area contributed by atoms with Gasteiger partial charge in [-0.1, -0.05) is 17.7 Å². The Morgan fingerprint density at radius 2 is 2.32 bits per heavy atom. The van der Waals surface area contributed by atoms with Gasteiger partial charge in [-0.3, -0.25) is 0 Å². The van der Waals surface area contributed by atoms with E-state index in [-0.39, 0.29) is 0 Å². The molecule has 0 saturated carbocycles. The average Bonchev–Trinajstić information content (AvgIpc) is 2.94. The van der Waals surface area contributed by atoms with E-state index < -0.39 is 0 Å². The lowest BCUT2D eigenvalue weighted by molar-refractivity contribution is 0.738. The molecule has 1 unspecified atom stereocenters. The number of hydrogen-bond acceptors (Lipinski definition) is 4. The van der Waals surface area contributed by atoms with E-state index in [1.165, 1.54) is 4.88 Å². The third kappa shape index (κ3) is 3.26. The van der Waals surface area contributed by atoms with E-state index in [9.17, 15) is 0 Å². The van der Waals surface area contributed by atoms with Gasteiger partial charge in [0.15, 0.2) is 0 Å². The number of pyridine rings is 1. The summed E-state index contributed by atoms with van der Waals surface area (Å²) in [4.78, 5) is 7.92. The SMILES string of the molecule is CNCc1cc(N(C)C(C)c2cccs2)ncc1Cl. The lowest BCUT2D eigenvalue weighted by Gasteiger charge is -2.25. The van der Waals surface area contributed by atoms with Crippen LogP contribution in [0.4, 0.5) is 5.82 Å². The van der Waals surface area contributed by atoms with Gasteiger partial charge in [-0.2, -0.15) is 0 Å². The number of nitrogens with one attached hydrogen (secondary N) is 1. The zero-order valence-electron chi connectivity index (χ0n) is 11.4. The molecule has 2 aromatic rings. The minimum atomic E-state index is 0.302. The van der Waals surface area contributed by atoms with E-state index in [2.05, 4.69) is 46.7 Å². The van der Waals surface area contributed by atoms with Crippen molar-refractivity contribution in [3.05, 3.63) is 45.2 Å². The molecular weight excluding hydrogens is 278 g/mol. The Morgan fingerprint density at radius 3 is 2.95 bits per heavy atom. The molecule has 19 heavy (non-hydrogen) atoms. The van der Waals surface area contributed by atoms with Crippen molar-refractivity contribution in [2.45, 2.75) is 19.5 Å². The van der Waals surface area contributed by atoms with E-state index in [1.54, 1.807) is 17.5 Å². The topological polar surface area (TPSA) is 28.2 Å². The molecule has 2 aromatic heterocycles. The zero-order valence-corrected chi connectivity index (χ0v) is 12.9. The molecule has 5 heteroatoms. The lowest BCUT2D eigenvalue weighted by Crippen LogP contribution is -2.22. The van der Waals surface area contributed by atoms with Gasteiger partial charge in [0.2, 0.25) is 0 Å². The quantitative estimate of drug-likeness (QED) is 0.911. The molecule has 0 aromatic carbocycles. The maximum atomic E-state index is 6.14. The molecule has 0 spiro atoms. The smallest absolute Gasteiger partial charge is 0.129 e. The Kier molecular flexibility index (Phi) is 4.80. The minimum Gasteiger partial charge on any atom is -0.352 e. The van der Waals surface area contributed by atoms with Crippen LogP contribution in [-0.2, 0) is 6.54 Å². The van der Waals surface area contributed by atoms with Gasteiger partial charge in [-0.25, -0.2) is 4.98 Å². The van der Waals surface area contributed by atoms with Crippen molar-refractivity contribution in [2.24, 2.45) is 0 Å². The maximum absolute atomic E-state index is 6.14. The number of rotatable bonds is 5. The normalized spacial score (nSPS) is 12.4. The average molecular weight is 296 g/mol. The summed E-state index contributed by atoms with van der Waals surface area (Å²) in [7, 11) is 3.97. The third-order valence-electron chi connectivity index (χ3n) is 3.18. The molecule has 2 rings (SSSR count). The van der Waals surface area contributed by atoms with E-state index in [0.717, 1.165) is 17.9 Å². The van der Waals surface area contributed by atoms with Crippen molar-refractivity contribution in [1.82, 2.24) is 10.3 Å². The van der Waals surface area contributed by atoms with Crippen LogP contribution in [0.3, 0.4) is 0 Å². The van der Waals surface area contributed by atoms with Crippen LogP contribution in [0.2, 0.25) is 5.02 Å². The Morgan fingerprint density at radius 1 is 1.53 bits per heavy atom. The molecule has 0 amide bonds. The van der Waals surface area contributed by atoms with Gasteiger partial charge in [-0.15, -0.1) is 11.3 Å². The highest BCUT2D eigenvalue weighted by atomic mass is 35.5. The van der Waals surface area contributed by atoms with E-state index >= 15 is 0 Å². The molecule has 0 radical (unpaired) electrons. The van der Waals surface area contributed by atoms with E-state index in [0.29, 0.717) is 11.1 Å². The maximum Gasteiger partial charge on any atom is 0.129 e. The highest BCUT2D eigenvalue weighted by molar-refractivity contribution is 7.10. The van der Waals surface area contributed by atoms with Crippen molar-refractivity contribution in [2.75, 3.05) is 19.0 Å². The zero-order chi connectivity index (χ0) is 13.8. The van der Waals surface area contributed by atoms with Gasteiger partial charge >= 0.3 is 0 Å². The van der Waals surface area contributed by atoms with Gasteiger partial charge in [-0.05, 0) is 37.0 Å². The predicted octanol–water partition coefficient (Wildman–Crippen LogP) is 3.71. The molecule has 0 aliphatic rings. The van der Waals surface area contributed by atoms with Crippen LogP contribution < -0.4 is 10.2 Å². The Bertz CT molecular complexity index is 527. The van der Waals surface area contributed by atoms with Gasteiger partial charge in [0.05, 0.1) is 11.1 Å². The van der Waals surface area contributed by atoms with E-state index in [4.69, 9.17) is 11.6 Å². The second kappa shape index (κ2) is 6.37. The second-order valence-electron chi connectivity index (χ2n) is 4.47. The van der Waals surface area contributed by atoms with E-state index in [1.807, 2.05) is 13.1 Å². The van der Waals surface area contributed by atoms with Gasteiger partial charge < -0.3 is 10.2 Å². The number of halogens is 1. The fourth-order valence-electron chi connectivity index (χ4n) is 1.90. The molecular formula is C14H18ClN3S. The fraction of sp³-hybridized carbons (Fsp3) is 0.357. The molecule has 3 nitrogen and oxygen atoms in total. The van der Waals surface area contributed by atoms with Crippen molar-refractivity contribution < 1.29 is 0 Å². The molecule has 2 heterocycles. The van der Waals surface area contributed by atoms with Crippen LogP contribution in [0.25, 0.3) is 0 Å². The predicted molar refractivity (Wildman–Crippen MR) is 83.1 cm³/mol. The number of anilines is 1. The van der Waals surface area contributed by atoms with Crippen LogP contribution in [0.15, 0.2) is 29.8 Å². The third-order valence-corrected chi connectivity index (χ3v) is 4.57. The summed E-state index contributed by atoms with van der Waals surface area (Å²) in [6.07, 6.45) is 1.72. The summed E-state index contributed by atoms with van der Waals surface area (Å²) in [5.41, 5.74) is 1.07. The summed E-state index contributed by atoms with van der Waals surface area (Å²) >= 11 is 7.90. The van der Waals surface area contributed by atoms with Crippen LogP contribution in [-0.4, -0.2) is 19.1 Å². The number of hydrogen-bond donors (Lipinski definition) is 1. The minimum absolute atomic E-state index is 0.302. The summed E-state index contributed by atoms with van der Waals surface area (Å²) in [6, 6.07) is 6.57. The van der Waals surface area contributed by atoms with Crippen molar-refractivity contribution in [3.63, 3.8) is 0 Å². The fourth-order valence-corrected chi connectivity index (χ4v) is 2.90. The number of nitrogens with zero attached hydrogens (tertiary/aromatic N) is 2. The van der Waals surface area contributed by atoms with Crippen LogP contribution in [0, 0.1) is 0 Å². The van der Waals surface area contributed by atoms with Gasteiger partial charge in [0, 0.05) is 24.7 Å². The first kappa shape index (κ1) is 14.3. The summed E-state index contributed by atoms with van der Waals surface area (Å²) < 4.78 is 0. The Balaban J connectivity index is 2.23. The highest BCUT2D eigenvalue weighted by Crippen LogP contribution is 2.28. The number of aromatic nitrogens is 1. The first-order valence-corrected chi connectivity index (χ1v) is 7.44. The Labute approximate surface area is 123 Å². The van der Waals surface area contributed by atoms with Crippen molar-refractivity contribution in [3.8, 4) is 0 Å². The molecule has 0 bridgehead atoms. The first-order valence-electron chi connectivity index (χ1n) is 6.18. The van der Waals surface area contributed by atoms with Crippen molar-refractivity contribution >= 4 is 28.8 Å². The van der Waals surface area contributed by atoms with Crippen LogP contribution in [0.1, 0.15) is 23.4 Å². The van der Waals surface area contributed by atoms with Gasteiger partial charge in [0.25, 0.3) is 0 Å². The molecule has 0 saturated heterocycles. The molecule has 0 aliphatic heterocycles. The largest absolute Gasteiger partial charge is 0.352 e. The standard InChI is InChI=1S/C14H18ClN3S/c1-10(13-5-4-6-19-13)18(3)14-7-11(8-16-2)12(15)9-17-14/h4-7,9-10,16H,8H2,1-3H3. The van der Waals surface area contributed by atoms with Crippen LogP contribution in [0.5, 0.6) is 0 Å². The van der Waals surface area contributed by atoms with Crippen molar-refractivity contribution in [1.29, 1.82) is 0 Å². The molecule has 1 N–H and O–H groups in total. The summed E-state index contributed by atoms with van der Waals surface area (Å²) in [5, 5.41) is 5.92. The second-order valence-corrected chi connectivity index (χ2v) is 5.85. The van der Waals surface area contributed by atoms with Gasteiger partial charge in [0.1, 0.15) is 5.82 Å². The Hall–Kier alpha value is -1.10. The summed E-state index contributed by atoms with van der Waals surface area (Å²) in [5.74, 6) is 0.940. The molecule has 1 atom stereocenters. The lowest BCUT2D eigenvalue weighted by atomic mass is 10.2. The number of thiophene rings is 1. The molecule has 0 fully saturated rings. The molecule has 0 aliphatic carbocycles. The summed E-state index contributed by atoms with van der Waals surface area (Å²) in [6.45, 7) is 2.93. The van der Waals surface area contributed by atoms with Crippen LogP contribution >= 0.6 is 22.9 Å². The highest BCUT2D eigenvalue weighted by Gasteiger charge is 2.15. The molecule has 102 valence electrons. The first-order chi connectivity index (χ1) is 9.13. The monoisotopic (exact) mass is 295 g/mol.